The molecular weight excluding hydrogens is 292 g/mol. The van der Waals surface area contributed by atoms with Gasteiger partial charge in [-0.2, -0.15) is 0 Å². The normalized spacial score (nSPS) is 10.4. The van der Waals surface area contributed by atoms with Crippen molar-refractivity contribution in [3.63, 3.8) is 0 Å². The van der Waals surface area contributed by atoms with E-state index in [1.807, 2.05) is 29.6 Å². The summed E-state index contributed by atoms with van der Waals surface area (Å²) in [4.78, 5) is 17.6. The van der Waals surface area contributed by atoms with Crippen LogP contribution in [0, 0.1) is 0 Å². The Morgan fingerprint density at radius 1 is 1.25 bits per heavy atom. The Morgan fingerprint density at radius 2 is 2.10 bits per heavy atom. The van der Waals surface area contributed by atoms with E-state index in [2.05, 4.69) is 19.9 Å². The summed E-state index contributed by atoms with van der Waals surface area (Å²) < 4.78 is 3.88. The fourth-order valence-electron chi connectivity index (χ4n) is 1.68. The van der Waals surface area contributed by atoms with Gasteiger partial charge in [0.15, 0.2) is 0 Å². The second-order valence-corrected chi connectivity index (χ2v) is 5.67. The van der Waals surface area contributed by atoms with Crippen molar-refractivity contribution in [2.75, 3.05) is 0 Å². The summed E-state index contributed by atoms with van der Waals surface area (Å²) in [5.74, 6) is -0.153. The molecule has 0 aliphatic rings. The van der Waals surface area contributed by atoms with Gasteiger partial charge in [0.05, 0.1) is 4.88 Å². The largest absolute Gasteiger partial charge is 0.347 e. The van der Waals surface area contributed by atoms with Crippen molar-refractivity contribution in [2.24, 2.45) is 0 Å². The maximum Gasteiger partial charge on any atom is 0.265 e. The van der Waals surface area contributed by atoms with Crippen molar-refractivity contribution in [1.82, 2.24) is 19.9 Å². The first kappa shape index (κ1) is 12.9. The van der Waals surface area contributed by atoms with Crippen molar-refractivity contribution in [1.29, 1.82) is 0 Å². The Kier molecular flexibility index (Phi) is 3.80. The third-order valence-corrected chi connectivity index (χ3v) is 4.25. The fourth-order valence-corrected chi connectivity index (χ4v) is 3.05. The van der Waals surface area contributed by atoms with Crippen LogP contribution >= 0.6 is 22.9 Å². The van der Waals surface area contributed by atoms with E-state index < -0.39 is 0 Å². The van der Waals surface area contributed by atoms with Crippen LogP contribution in [0.3, 0.4) is 0 Å². The number of carbonyl (C=O) groups excluding carboxylic acids is 1. The SMILES string of the molecule is O=C(NCc1ccncc1)c1snnc1-c1cccs1. The van der Waals surface area contributed by atoms with Gasteiger partial charge in [0, 0.05) is 18.9 Å². The van der Waals surface area contributed by atoms with Crippen molar-refractivity contribution in [2.45, 2.75) is 6.54 Å². The minimum Gasteiger partial charge on any atom is -0.347 e. The molecule has 0 radical (unpaired) electrons. The molecule has 0 fully saturated rings. The highest BCUT2D eigenvalue weighted by Crippen LogP contribution is 2.27. The van der Waals surface area contributed by atoms with E-state index >= 15 is 0 Å². The number of pyridine rings is 1. The van der Waals surface area contributed by atoms with Crippen LogP contribution in [0.5, 0.6) is 0 Å². The van der Waals surface area contributed by atoms with Crippen molar-refractivity contribution in [3.8, 4) is 10.6 Å². The number of thiophene rings is 1. The average Bonchev–Trinajstić information content (AvgIpc) is 3.15. The van der Waals surface area contributed by atoms with E-state index in [1.165, 1.54) is 0 Å². The standard InChI is InChI=1S/C13H10N4OS2/c18-13(15-8-9-3-5-14-6-4-9)12-11(16-17-20-12)10-2-1-7-19-10/h1-7H,8H2,(H,15,18). The molecule has 0 saturated carbocycles. The predicted molar refractivity (Wildman–Crippen MR) is 78.6 cm³/mol. The molecule has 1 amide bonds. The molecule has 20 heavy (non-hydrogen) atoms. The second kappa shape index (κ2) is 5.89. The molecule has 0 spiro atoms. The van der Waals surface area contributed by atoms with Gasteiger partial charge in [0.2, 0.25) is 0 Å². The Bertz CT molecular complexity index is 694. The van der Waals surface area contributed by atoms with Crippen molar-refractivity contribution >= 4 is 28.8 Å². The van der Waals surface area contributed by atoms with Gasteiger partial charge in [-0.15, -0.1) is 16.4 Å². The highest BCUT2D eigenvalue weighted by atomic mass is 32.1. The number of rotatable bonds is 4. The molecule has 0 aliphatic heterocycles. The number of nitrogens with zero attached hydrogens (tertiary/aromatic N) is 3. The van der Waals surface area contributed by atoms with Crippen LogP contribution in [-0.2, 0) is 6.54 Å². The minimum absolute atomic E-state index is 0.153. The maximum atomic E-state index is 12.2. The molecule has 0 aliphatic carbocycles. The first-order valence-electron chi connectivity index (χ1n) is 5.88. The molecule has 0 saturated heterocycles. The summed E-state index contributed by atoms with van der Waals surface area (Å²) in [5.41, 5.74) is 1.65. The van der Waals surface area contributed by atoms with E-state index in [4.69, 9.17) is 0 Å². The van der Waals surface area contributed by atoms with E-state index in [1.54, 1.807) is 23.7 Å². The predicted octanol–water partition coefficient (Wildman–Crippen LogP) is 2.59. The maximum absolute atomic E-state index is 12.2. The molecular formula is C13H10N4OS2. The van der Waals surface area contributed by atoms with Crippen LogP contribution in [0.25, 0.3) is 10.6 Å². The van der Waals surface area contributed by atoms with Gasteiger partial charge in [0.25, 0.3) is 5.91 Å². The lowest BCUT2D eigenvalue weighted by Crippen LogP contribution is -2.22. The number of aromatic nitrogens is 3. The smallest absolute Gasteiger partial charge is 0.265 e. The average molecular weight is 302 g/mol. The molecule has 3 rings (SSSR count). The first-order chi connectivity index (χ1) is 9.84. The van der Waals surface area contributed by atoms with Gasteiger partial charge in [-0.25, -0.2) is 0 Å². The van der Waals surface area contributed by atoms with Gasteiger partial charge in [-0.3, -0.25) is 9.78 Å². The number of hydrogen-bond acceptors (Lipinski definition) is 6. The molecule has 3 heterocycles. The quantitative estimate of drug-likeness (QED) is 0.804. The van der Waals surface area contributed by atoms with Gasteiger partial charge in [-0.05, 0) is 40.7 Å². The lowest BCUT2D eigenvalue weighted by Gasteiger charge is -2.03. The summed E-state index contributed by atoms with van der Waals surface area (Å²) >= 11 is 2.65. The molecule has 0 unspecified atom stereocenters. The third kappa shape index (κ3) is 2.73. The van der Waals surface area contributed by atoms with E-state index in [0.29, 0.717) is 17.1 Å². The summed E-state index contributed by atoms with van der Waals surface area (Å²) in [6.07, 6.45) is 3.40. The number of carbonyl (C=O) groups is 1. The Morgan fingerprint density at radius 3 is 2.85 bits per heavy atom. The topological polar surface area (TPSA) is 67.8 Å². The lowest BCUT2D eigenvalue weighted by atomic mass is 10.2. The summed E-state index contributed by atoms with van der Waals surface area (Å²) in [6.45, 7) is 0.461. The van der Waals surface area contributed by atoms with Crippen LogP contribution in [0.4, 0.5) is 0 Å². The lowest BCUT2D eigenvalue weighted by molar-refractivity contribution is 0.0955. The van der Waals surface area contributed by atoms with Crippen LogP contribution < -0.4 is 5.32 Å². The molecule has 3 aromatic rings. The number of amides is 1. The fraction of sp³-hybridized carbons (Fsp3) is 0.0769. The molecule has 100 valence electrons. The molecule has 0 bridgehead atoms. The van der Waals surface area contributed by atoms with Crippen LogP contribution in [0.1, 0.15) is 15.2 Å². The van der Waals surface area contributed by atoms with Gasteiger partial charge < -0.3 is 5.32 Å². The van der Waals surface area contributed by atoms with Gasteiger partial charge >= 0.3 is 0 Å². The number of nitrogens with one attached hydrogen (secondary N) is 1. The highest BCUT2D eigenvalue weighted by molar-refractivity contribution is 7.14. The zero-order valence-electron chi connectivity index (χ0n) is 10.3. The molecule has 1 N–H and O–H groups in total. The molecule has 0 aromatic carbocycles. The van der Waals surface area contributed by atoms with Crippen molar-refractivity contribution in [3.05, 3.63) is 52.5 Å². The second-order valence-electron chi connectivity index (χ2n) is 3.97. The highest BCUT2D eigenvalue weighted by Gasteiger charge is 2.18. The first-order valence-corrected chi connectivity index (χ1v) is 7.53. The van der Waals surface area contributed by atoms with E-state index in [9.17, 15) is 4.79 Å². The summed E-state index contributed by atoms with van der Waals surface area (Å²) in [7, 11) is 0. The van der Waals surface area contributed by atoms with Gasteiger partial charge in [0.1, 0.15) is 10.6 Å². The minimum atomic E-state index is -0.153. The van der Waals surface area contributed by atoms with Crippen molar-refractivity contribution < 1.29 is 4.79 Å². The molecule has 5 nitrogen and oxygen atoms in total. The van der Waals surface area contributed by atoms with E-state index in [-0.39, 0.29) is 5.91 Å². The summed E-state index contributed by atoms with van der Waals surface area (Å²) in [5, 5.41) is 8.87. The molecule has 7 heteroatoms. The zero-order valence-corrected chi connectivity index (χ0v) is 11.9. The van der Waals surface area contributed by atoms with Crippen LogP contribution in [-0.4, -0.2) is 20.5 Å². The monoisotopic (exact) mass is 302 g/mol. The Balaban J connectivity index is 1.74. The van der Waals surface area contributed by atoms with Crippen LogP contribution in [0.2, 0.25) is 0 Å². The zero-order chi connectivity index (χ0) is 13.8. The Labute approximate surface area is 123 Å². The van der Waals surface area contributed by atoms with Gasteiger partial charge in [-0.1, -0.05) is 10.6 Å². The van der Waals surface area contributed by atoms with E-state index in [0.717, 1.165) is 22.0 Å². The third-order valence-electron chi connectivity index (χ3n) is 2.65. The Hall–Kier alpha value is -2.12. The number of hydrogen-bond donors (Lipinski definition) is 1. The van der Waals surface area contributed by atoms with Crippen LogP contribution in [0.15, 0.2) is 42.0 Å². The summed E-state index contributed by atoms with van der Waals surface area (Å²) in [6, 6.07) is 7.59. The molecule has 0 atom stereocenters. The molecule has 3 aromatic heterocycles.